The number of carbonyl (C=O) groups is 2. The van der Waals surface area contributed by atoms with Crippen molar-refractivity contribution in [3.05, 3.63) is 83.9 Å². The Balaban J connectivity index is 2.05. The highest BCUT2D eigenvalue weighted by Crippen LogP contribution is 2.15. The second kappa shape index (κ2) is 13.8. The predicted octanol–water partition coefficient (Wildman–Crippen LogP) is 5.00. The Bertz CT molecular complexity index is 809. The normalized spacial score (nSPS) is 11.7. The SMILES string of the molecule is CC/C=C/C[C@@H](CCO)N(OC(=O)OCc1ccccc1)C(=O)OCc1ccccc1. The van der Waals surface area contributed by atoms with E-state index in [4.69, 9.17) is 14.3 Å². The van der Waals surface area contributed by atoms with E-state index in [1.54, 1.807) is 0 Å². The first-order valence-corrected chi connectivity index (χ1v) is 10.3. The highest BCUT2D eigenvalue weighted by Gasteiger charge is 2.29. The highest BCUT2D eigenvalue weighted by molar-refractivity contribution is 5.70. The summed E-state index contributed by atoms with van der Waals surface area (Å²) in [5.74, 6) is 0. The number of ether oxygens (including phenoxy) is 2. The van der Waals surface area contributed by atoms with Gasteiger partial charge in [0.2, 0.25) is 0 Å². The molecule has 31 heavy (non-hydrogen) atoms. The van der Waals surface area contributed by atoms with Gasteiger partial charge >= 0.3 is 12.2 Å². The number of amides is 1. The van der Waals surface area contributed by atoms with Gasteiger partial charge in [-0.3, -0.25) is 4.84 Å². The molecule has 0 fully saturated rings. The highest BCUT2D eigenvalue weighted by atomic mass is 16.8. The minimum atomic E-state index is -1.03. The summed E-state index contributed by atoms with van der Waals surface area (Å²) in [4.78, 5) is 30.2. The topological polar surface area (TPSA) is 85.3 Å². The number of rotatable bonds is 10. The third kappa shape index (κ3) is 8.92. The van der Waals surface area contributed by atoms with Crippen LogP contribution in [0.2, 0.25) is 0 Å². The van der Waals surface area contributed by atoms with Crippen LogP contribution in [-0.2, 0) is 27.5 Å². The molecule has 0 aromatic heterocycles. The van der Waals surface area contributed by atoms with Crippen molar-refractivity contribution < 1.29 is 29.0 Å². The van der Waals surface area contributed by atoms with Gasteiger partial charge in [0, 0.05) is 6.61 Å². The molecule has 7 heteroatoms. The van der Waals surface area contributed by atoms with Crippen molar-refractivity contribution in [3.8, 4) is 0 Å². The lowest BCUT2D eigenvalue weighted by Crippen LogP contribution is -2.42. The number of allylic oxidation sites excluding steroid dienone is 1. The Labute approximate surface area is 182 Å². The molecule has 2 aromatic rings. The van der Waals surface area contributed by atoms with Crippen LogP contribution in [0.1, 0.15) is 37.3 Å². The van der Waals surface area contributed by atoms with Crippen LogP contribution in [0.5, 0.6) is 0 Å². The summed E-state index contributed by atoms with van der Waals surface area (Å²) in [5, 5.41) is 10.3. The van der Waals surface area contributed by atoms with Crippen LogP contribution in [0.15, 0.2) is 72.8 Å². The number of aliphatic hydroxyl groups is 1. The Morgan fingerprint density at radius 2 is 1.52 bits per heavy atom. The summed E-state index contributed by atoms with van der Waals surface area (Å²) in [6.45, 7) is 1.83. The smallest absolute Gasteiger partial charge is 0.442 e. The molecule has 0 aliphatic heterocycles. The number of nitrogens with zero attached hydrogens (tertiary/aromatic N) is 1. The van der Waals surface area contributed by atoms with Crippen molar-refractivity contribution in [3.63, 3.8) is 0 Å². The number of hydroxylamine groups is 2. The molecule has 1 amide bonds. The van der Waals surface area contributed by atoms with Gasteiger partial charge in [-0.25, -0.2) is 9.59 Å². The lowest BCUT2D eigenvalue weighted by molar-refractivity contribution is -0.139. The Morgan fingerprint density at radius 3 is 2.06 bits per heavy atom. The molecule has 0 aliphatic carbocycles. The van der Waals surface area contributed by atoms with Gasteiger partial charge in [0.15, 0.2) is 0 Å². The molecule has 7 nitrogen and oxygen atoms in total. The van der Waals surface area contributed by atoms with Gasteiger partial charge in [-0.2, -0.15) is 0 Å². The molecule has 1 atom stereocenters. The van der Waals surface area contributed by atoms with Gasteiger partial charge in [-0.1, -0.05) is 79.7 Å². The zero-order chi connectivity index (χ0) is 22.3. The molecule has 0 unspecified atom stereocenters. The van der Waals surface area contributed by atoms with E-state index in [1.165, 1.54) is 0 Å². The van der Waals surface area contributed by atoms with Gasteiger partial charge in [-0.15, -0.1) is 5.06 Å². The van der Waals surface area contributed by atoms with Crippen LogP contribution in [-0.4, -0.2) is 35.1 Å². The average molecular weight is 427 g/mol. The van der Waals surface area contributed by atoms with Gasteiger partial charge < -0.3 is 14.6 Å². The third-order valence-electron chi connectivity index (χ3n) is 4.36. The molecule has 1 N–H and O–H groups in total. The fourth-order valence-corrected chi connectivity index (χ4v) is 2.77. The number of benzene rings is 2. The molecule has 0 saturated carbocycles. The van der Waals surface area contributed by atoms with Crippen LogP contribution >= 0.6 is 0 Å². The molecule has 0 heterocycles. The number of hydrogen-bond acceptors (Lipinski definition) is 6. The standard InChI is InChI=1S/C24H29NO6/c1-2-3-6-15-22(16-17-26)25(23(27)29-18-20-11-7-4-8-12-20)31-24(28)30-19-21-13-9-5-10-14-21/h3-14,22,26H,2,15-19H2,1H3/b6-3+/t22-/m0/s1. The summed E-state index contributed by atoms with van der Waals surface area (Å²) < 4.78 is 10.5. The fourth-order valence-electron chi connectivity index (χ4n) is 2.77. The molecular formula is C24H29NO6. The molecule has 2 aromatic carbocycles. The lowest BCUT2D eigenvalue weighted by atomic mass is 10.1. The van der Waals surface area contributed by atoms with Crippen LogP contribution < -0.4 is 0 Å². The van der Waals surface area contributed by atoms with Crippen molar-refractivity contribution in [2.45, 2.75) is 45.4 Å². The van der Waals surface area contributed by atoms with E-state index in [0.29, 0.717) is 6.42 Å². The van der Waals surface area contributed by atoms with Crippen molar-refractivity contribution >= 4 is 12.2 Å². The van der Waals surface area contributed by atoms with E-state index < -0.39 is 18.3 Å². The van der Waals surface area contributed by atoms with Crippen LogP contribution in [0.25, 0.3) is 0 Å². The van der Waals surface area contributed by atoms with Crippen molar-refractivity contribution in [1.82, 2.24) is 5.06 Å². The first kappa shape index (κ1) is 24.0. The van der Waals surface area contributed by atoms with Crippen LogP contribution in [0.3, 0.4) is 0 Å². The maximum atomic E-state index is 12.7. The van der Waals surface area contributed by atoms with Crippen molar-refractivity contribution in [2.24, 2.45) is 0 Å². The van der Waals surface area contributed by atoms with E-state index in [2.05, 4.69) is 0 Å². The molecule has 0 aliphatic rings. The third-order valence-corrected chi connectivity index (χ3v) is 4.36. The summed E-state index contributed by atoms with van der Waals surface area (Å²) in [6.07, 6.45) is 3.37. The molecule has 166 valence electrons. The van der Waals surface area contributed by atoms with Crippen molar-refractivity contribution in [2.75, 3.05) is 6.61 Å². The maximum Gasteiger partial charge on any atom is 0.533 e. The summed E-state index contributed by atoms with van der Waals surface area (Å²) in [5.41, 5.74) is 1.59. The van der Waals surface area contributed by atoms with E-state index in [0.717, 1.165) is 22.6 Å². The van der Waals surface area contributed by atoms with E-state index in [-0.39, 0.29) is 26.2 Å². The number of carbonyl (C=O) groups excluding carboxylic acids is 2. The van der Waals surface area contributed by atoms with Gasteiger partial charge in [-0.05, 0) is 30.4 Å². The van der Waals surface area contributed by atoms with Gasteiger partial charge in [0.25, 0.3) is 0 Å². The van der Waals surface area contributed by atoms with E-state index >= 15 is 0 Å². The second-order valence-electron chi connectivity index (χ2n) is 6.76. The average Bonchev–Trinajstić information content (AvgIpc) is 2.80. The predicted molar refractivity (Wildman–Crippen MR) is 116 cm³/mol. The van der Waals surface area contributed by atoms with E-state index in [1.807, 2.05) is 79.7 Å². The molecular weight excluding hydrogens is 398 g/mol. The Kier molecular flexibility index (Phi) is 10.7. The lowest BCUT2D eigenvalue weighted by Gasteiger charge is -2.27. The quantitative estimate of drug-likeness (QED) is 0.326. The van der Waals surface area contributed by atoms with E-state index in [9.17, 15) is 14.7 Å². The molecule has 2 rings (SSSR count). The summed E-state index contributed by atoms with van der Waals surface area (Å²) in [6, 6.07) is 17.7. The maximum absolute atomic E-state index is 12.7. The molecule has 0 radical (unpaired) electrons. The number of aliphatic hydroxyl groups excluding tert-OH is 1. The largest absolute Gasteiger partial charge is 0.533 e. The van der Waals surface area contributed by atoms with Crippen molar-refractivity contribution in [1.29, 1.82) is 0 Å². The second-order valence-corrected chi connectivity index (χ2v) is 6.76. The monoisotopic (exact) mass is 427 g/mol. The Morgan fingerprint density at radius 1 is 0.935 bits per heavy atom. The Hall–Kier alpha value is -3.32. The zero-order valence-electron chi connectivity index (χ0n) is 17.7. The zero-order valence-corrected chi connectivity index (χ0v) is 17.7. The molecule has 0 spiro atoms. The first-order valence-electron chi connectivity index (χ1n) is 10.3. The van der Waals surface area contributed by atoms with Crippen LogP contribution in [0.4, 0.5) is 9.59 Å². The molecule has 0 bridgehead atoms. The summed E-state index contributed by atoms with van der Waals surface area (Å²) in [7, 11) is 0. The van der Waals surface area contributed by atoms with Gasteiger partial charge in [0.1, 0.15) is 13.2 Å². The first-order chi connectivity index (χ1) is 15.1. The number of hydrogen-bond donors (Lipinski definition) is 1. The van der Waals surface area contributed by atoms with Crippen LogP contribution in [0, 0.1) is 0 Å². The summed E-state index contributed by atoms with van der Waals surface area (Å²) >= 11 is 0. The molecule has 0 saturated heterocycles. The fraction of sp³-hybridized carbons (Fsp3) is 0.333. The minimum absolute atomic E-state index is 0.00693. The minimum Gasteiger partial charge on any atom is -0.442 e. The van der Waals surface area contributed by atoms with Gasteiger partial charge in [0.05, 0.1) is 6.04 Å².